The van der Waals surface area contributed by atoms with Crippen molar-refractivity contribution in [1.29, 1.82) is 0 Å². The summed E-state index contributed by atoms with van der Waals surface area (Å²) in [6.45, 7) is 1.15. The molecule has 5 atom stereocenters. The van der Waals surface area contributed by atoms with Crippen LogP contribution in [0.15, 0.2) is 42.5 Å². The molecule has 2 saturated heterocycles. The molecule has 2 bridgehead atoms. The number of carbonyl (C=O) groups is 1. The highest BCUT2D eigenvalue weighted by Crippen LogP contribution is 2.49. The van der Waals surface area contributed by atoms with E-state index in [9.17, 15) is 25.2 Å². The SMILES string of the molecule is CCc1ccc(C(=O)c2cc(C34OCC(CO)(O3)C(O)C(O)C4O)ccc2Cl)cc1. The zero-order chi connectivity index (χ0) is 21.7. The third-order valence-electron chi connectivity index (χ3n) is 5.97. The summed E-state index contributed by atoms with van der Waals surface area (Å²) in [5, 5.41) is 41.2. The molecule has 0 aliphatic carbocycles. The van der Waals surface area contributed by atoms with Crippen molar-refractivity contribution >= 4 is 17.4 Å². The minimum atomic E-state index is -1.85. The largest absolute Gasteiger partial charge is 0.393 e. The smallest absolute Gasteiger partial charge is 0.225 e. The number of fused-ring (bicyclic) bond motifs is 2. The maximum atomic E-state index is 13.1. The third-order valence-corrected chi connectivity index (χ3v) is 6.30. The fraction of sp³-hybridized carbons (Fsp3) is 0.409. The van der Waals surface area contributed by atoms with Crippen molar-refractivity contribution in [3.05, 3.63) is 69.7 Å². The monoisotopic (exact) mass is 434 g/mol. The maximum Gasteiger partial charge on any atom is 0.225 e. The quantitative estimate of drug-likeness (QED) is 0.522. The molecule has 4 rings (SSSR count). The summed E-state index contributed by atoms with van der Waals surface area (Å²) in [6.07, 6.45) is -3.97. The van der Waals surface area contributed by atoms with E-state index in [-0.39, 0.29) is 28.5 Å². The van der Waals surface area contributed by atoms with Crippen LogP contribution in [0.2, 0.25) is 5.02 Å². The lowest BCUT2D eigenvalue weighted by Crippen LogP contribution is -2.65. The second-order valence-corrected chi connectivity index (χ2v) is 8.14. The third kappa shape index (κ3) is 3.09. The number of benzene rings is 2. The van der Waals surface area contributed by atoms with Crippen LogP contribution >= 0.6 is 11.6 Å². The lowest BCUT2D eigenvalue weighted by atomic mass is 9.83. The first-order valence-corrected chi connectivity index (χ1v) is 10.1. The second-order valence-electron chi connectivity index (χ2n) is 7.74. The van der Waals surface area contributed by atoms with Crippen LogP contribution < -0.4 is 0 Å². The fourth-order valence-electron chi connectivity index (χ4n) is 4.04. The lowest BCUT2D eigenvalue weighted by Gasteiger charge is -2.45. The average Bonchev–Trinajstić information content (AvgIpc) is 3.16. The van der Waals surface area contributed by atoms with E-state index in [0.717, 1.165) is 12.0 Å². The van der Waals surface area contributed by atoms with E-state index in [1.807, 2.05) is 19.1 Å². The van der Waals surface area contributed by atoms with E-state index < -0.39 is 36.3 Å². The second kappa shape index (κ2) is 7.69. The summed E-state index contributed by atoms with van der Waals surface area (Å²) >= 11 is 6.29. The van der Waals surface area contributed by atoms with Crippen LogP contribution in [0.1, 0.15) is 34.0 Å². The number of aliphatic hydroxyl groups is 4. The van der Waals surface area contributed by atoms with Crippen molar-refractivity contribution < 1.29 is 34.7 Å². The van der Waals surface area contributed by atoms with Gasteiger partial charge in [0, 0.05) is 16.7 Å². The van der Waals surface area contributed by atoms with Gasteiger partial charge >= 0.3 is 0 Å². The average molecular weight is 435 g/mol. The Morgan fingerprint density at radius 2 is 1.83 bits per heavy atom. The fourth-order valence-corrected chi connectivity index (χ4v) is 4.24. The Bertz CT molecular complexity index is 962. The number of aliphatic hydroxyl groups excluding tert-OH is 4. The van der Waals surface area contributed by atoms with Crippen LogP contribution in [0.4, 0.5) is 0 Å². The number of hydrogen-bond donors (Lipinski definition) is 4. The summed E-state index contributed by atoms with van der Waals surface area (Å²) in [7, 11) is 0. The Morgan fingerprint density at radius 3 is 2.47 bits per heavy atom. The topological polar surface area (TPSA) is 116 Å². The van der Waals surface area contributed by atoms with Crippen molar-refractivity contribution in [2.24, 2.45) is 0 Å². The summed E-state index contributed by atoms with van der Waals surface area (Å²) in [4.78, 5) is 13.1. The number of halogens is 1. The van der Waals surface area contributed by atoms with Gasteiger partial charge in [-0.15, -0.1) is 0 Å². The molecule has 0 amide bonds. The Morgan fingerprint density at radius 1 is 1.13 bits per heavy atom. The molecule has 5 unspecified atom stereocenters. The van der Waals surface area contributed by atoms with E-state index in [4.69, 9.17) is 21.1 Å². The van der Waals surface area contributed by atoms with Crippen molar-refractivity contribution in [3.63, 3.8) is 0 Å². The summed E-state index contributed by atoms with van der Waals surface area (Å²) in [6, 6.07) is 11.6. The highest BCUT2D eigenvalue weighted by atomic mass is 35.5. The molecule has 2 aliphatic heterocycles. The highest BCUT2D eigenvalue weighted by molar-refractivity contribution is 6.35. The minimum absolute atomic E-state index is 0.175. The molecule has 2 aromatic rings. The molecule has 30 heavy (non-hydrogen) atoms. The van der Waals surface area contributed by atoms with Crippen LogP contribution in [-0.4, -0.2) is 63.3 Å². The Hall–Kier alpha value is -1.84. The first-order chi connectivity index (χ1) is 14.3. The number of aryl methyl sites for hydroxylation is 1. The molecule has 4 N–H and O–H groups in total. The highest BCUT2D eigenvalue weighted by Gasteiger charge is 2.67. The standard InChI is InChI=1S/C22H23ClO7/c1-2-12-3-5-13(6-4-12)17(25)15-9-14(7-8-16(15)23)22-20(28)18(26)19(27)21(10-24,30-22)11-29-22/h3-9,18-20,24,26-28H,2,10-11H2,1H3. The minimum Gasteiger partial charge on any atom is -0.393 e. The van der Waals surface area contributed by atoms with Crippen molar-refractivity contribution in [2.75, 3.05) is 13.2 Å². The van der Waals surface area contributed by atoms with Crippen LogP contribution in [-0.2, 0) is 21.7 Å². The first-order valence-electron chi connectivity index (χ1n) is 9.71. The zero-order valence-electron chi connectivity index (χ0n) is 16.3. The van der Waals surface area contributed by atoms with Gasteiger partial charge in [0.05, 0.1) is 18.2 Å². The van der Waals surface area contributed by atoms with Gasteiger partial charge in [0.25, 0.3) is 0 Å². The van der Waals surface area contributed by atoms with Gasteiger partial charge in [-0.25, -0.2) is 0 Å². The van der Waals surface area contributed by atoms with Crippen LogP contribution in [0.5, 0.6) is 0 Å². The molecule has 160 valence electrons. The number of ketones is 1. The molecular weight excluding hydrogens is 412 g/mol. The predicted molar refractivity (Wildman–Crippen MR) is 107 cm³/mol. The first kappa shape index (κ1) is 21.4. The van der Waals surface area contributed by atoms with E-state index in [2.05, 4.69) is 0 Å². The number of hydrogen-bond acceptors (Lipinski definition) is 7. The van der Waals surface area contributed by atoms with Crippen LogP contribution in [0.25, 0.3) is 0 Å². The molecule has 2 aromatic carbocycles. The van der Waals surface area contributed by atoms with E-state index >= 15 is 0 Å². The molecule has 0 spiro atoms. The van der Waals surface area contributed by atoms with Gasteiger partial charge in [-0.1, -0.05) is 48.9 Å². The van der Waals surface area contributed by atoms with Crippen LogP contribution in [0, 0.1) is 0 Å². The maximum absolute atomic E-state index is 13.1. The molecular formula is C22H23ClO7. The van der Waals surface area contributed by atoms with Gasteiger partial charge in [-0.05, 0) is 24.1 Å². The van der Waals surface area contributed by atoms with Gasteiger partial charge < -0.3 is 29.9 Å². The summed E-state index contributed by atoms with van der Waals surface area (Å²) in [5.74, 6) is -2.18. The molecule has 8 heteroatoms. The predicted octanol–water partition coefficient (Wildman–Crippen LogP) is 1.16. The zero-order valence-corrected chi connectivity index (χ0v) is 17.0. The van der Waals surface area contributed by atoms with E-state index in [0.29, 0.717) is 5.56 Å². The molecule has 2 aliphatic rings. The number of ether oxygens (including phenoxy) is 2. The van der Waals surface area contributed by atoms with Gasteiger partial charge in [0.2, 0.25) is 5.79 Å². The molecule has 0 radical (unpaired) electrons. The van der Waals surface area contributed by atoms with Gasteiger partial charge in [-0.3, -0.25) is 4.79 Å². The van der Waals surface area contributed by atoms with Gasteiger partial charge in [0.1, 0.15) is 23.9 Å². The van der Waals surface area contributed by atoms with E-state index in [1.54, 1.807) is 12.1 Å². The summed E-state index contributed by atoms with van der Waals surface area (Å²) in [5.41, 5.74) is 0.374. The lowest BCUT2D eigenvalue weighted by molar-refractivity contribution is -0.329. The number of rotatable bonds is 5. The van der Waals surface area contributed by atoms with Crippen molar-refractivity contribution in [2.45, 2.75) is 43.0 Å². The van der Waals surface area contributed by atoms with Gasteiger partial charge in [0.15, 0.2) is 5.78 Å². The molecule has 7 nitrogen and oxygen atoms in total. The number of carbonyl (C=O) groups excluding carboxylic acids is 1. The normalized spacial score (nSPS) is 32.9. The van der Waals surface area contributed by atoms with Crippen LogP contribution in [0.3, 0.4) is 0 Å². The van der Waals surface area contributed by atoms with Gasteiger partial charge in [-0.2, -0.15) is 0 Å². The van der Waals surface area contributed by atoms with E-state index in [1.165, 1.54) is 18.2 Å². The molecule has 2 heterocycles. The van der Waals surface area contributed by atoms with Crippen molar-refractivity contribution in [3.8, 4) is 0 Å². The Balaban J connectivity index is 1.75. The Labute approximate surface area is 178 Å². The molecule has 0 aromatic heterocycles. The molecule has 0 saturated carbocycles. The Kier molecular flexibility index (Phi) is 5.48. The van der Waals surface area contributed by atoms with Crippen molar-refractivity contribution in [1.82, 2.24) is 0 Å². The molecule has 2 fully saturated rings. The summed E-state index contributed by atoms with van der Waals surface area (Å²) < 4.78 is 11.5.